The Balaban J connectivity index is 2.05. The smallest absolute Gasteiger partial charge is 0.120 e. The topological polar surface area (TPSA) is 41.5 Å². The van der Waals surface area contributed by atoms with E-state index in [4.69, 9.17) is 4.74 Å². The van der Waals surface area contributed by atoms with Gasteiger partial charge in [-0.05, 0) is 39.2 Å². The lowest BCUT2D eigenvalue weighted by Gasteiger charge is -2.37. The van der Waals surface area contributed by atoms with E-state index in [2.05, 4.69) is 26.1 Å². The number of rotatable bonds is 4. The average molecular weight is 263 g/mol. The molecule has 2 atom stereocenters. The molecule has 1 aromatic carbocycles. The molecule has 1 aromatic rings. The van der Waals surface area contributed by atoms with E-state index in [-0.39, 0.29) is 11.6 Å². The summed E-state index contributed by atoms with van der Waals surface area (Å²) < 4.78 is 5.75. The van der Waals surface area contributed by atoms with E-state index < -0.39 is 0 Å². The second-order valence-corrected chi connectivity index (χ2v) is 5.98. The molecule has 2 rings (SSSR count). The van der Waals surface area contributed by atoms with Gasteiger partial charge in [0.05, 0.1) is 5.60 Å². The molecule has 106 valence electrons. The zero-order valence-corrected chi connectivity index (χ0v) is 12.1. The van der Waals surface area contributed by atoms with Crippen molar-refractivity contribution in [3.63, 3.8) is 0 Å². The summed E-state index contributed by atoms with van der Waals surface area (Å²) >= 11 is 0. The second-order valence-electron chi connectivity index (χ2n) is 5.98. The van der Waals surface area contributed by atoms with Crippen molar-refractivity contribution in [2.45, 2.75) is 57.7 Å². The normalized spacial score (nSPS) is 24.1. The Bertz CT molecular complexity index is 417. The number of hydrogen-bond acceptors (Lipinski definition) is 3. The molecule has 0 aromatic heterocycles. The number of hydrogen-bond donors (Lipinski definition) is 2. The van der Waals surface area contributed by atoms with Gasteiger partial charge in [0, 0.05) is 24.3 Å². The summed E-state index contributed by atoms with van der Waals surface area (Å²) in [6.07, 6.45) is 3.01. The molecule has 1 heterocycles. The van der Waals surface area contributed by atoms with Crippen LogP contribution in [-0.2, 0) is 4.74 Å². The van der Waals surface area contributed by atoms with Crippen molar-refractivity contribution in [1.29, 1.82) is 0 Å². The summed E-state index contributed by atoms with van der Waals surface area (Å²) in [7, 11) is 0. The van der Waals surface area contributed by atoms with E-state index >= 15 is 0 Å². The monoisotopic (exact) mass is 263 g/mol. The van der Waals surface area contributed by atoms with Gasteiger partial charge in [0.2, 0.25) is 0 Å². The molecule has 0 amide bonds. The van der Waals surface area contributed by atoms with Crippen LogP contribution in [0.25, 0.3) is 0 Å². The lowest BCUT2D eigenvalue weighted by Crippen LogP contribution is -2.44. The van der Waals surface area contributed by atoms with Crippen LogP contribution >= 0.6 is 0 Å². The summed E-state index contributed by atoms with van der Waals surface area (Å²) in [5.74, 6) is 0.383. The minimum atomic E-state index is -0.0487. The van der Waals surface area contributed by atoms with E-state index in [9.17, 15) is 5.11 Å². The Morgan fingerprint density at radius 1 is 1.42 bits per heavy atom. The first-order valence-corrected chi connectivity index (χ1v) is 7.20. The standard InChI is InChI=1S/C16H25NO2/c1-4-14(13-7-5-6-8-15(13)18)17-12-9-10-19-16(2,3)11-12/h5-8,12,14,17-18H,4,9-11H2,1-3H3. The van der Waals surface area contributed by atoms with Crippen LogP contribution in [0.5, 0.6) is 5.75 Å². The fraction of sp³-hybridized carbons (Fsp3) is 0.625. The number of ether oxygens (including phenoxy) is 1. The van der Waals surface area contributed by atoms with E-state index in [1.165, 1.54) is 0 Å². The highest BCUT2D eigenvalue weighted by Gasteiger charge is 2.30. The Morgan fingerprint density at radius 2 is 2.16 bits per heavy atom. The number of aromatic hydroxyl groups is 1. The van der Waals surface area contributed by atoms with Gasteiger partial charge >= 0.3 is 0 Å². The van der Waals surface area contributed by atoms with Crippen LogP contribution in [0.2, 0.25) is 0 Å². The van der Waals surface area contributed by atoms with Crippen molar-refractivity contribution in [3.05, 3.63) is 29.8 Å². The highest BCUT2D eigenvalue weighted by molar-refractivity contribution is 5.34. The predicted octanol–water partition coefficient (Wildman–Crippen LogP) is 3.39. The number of para-hydroxylation sites is 1. The van der Waals surface area contributed by atoms with Gasteiger partial charge in [0.15, 0.2) is 0 Å². The SMILES string of the molecule is CCC(NC1CCOC(C)(C)C1)c1ccccc1O. The van der Waals surface area contributed by atoms with Gasteiger partial charge in [0.1, 0.15) is 5.75 Å². The van der Waals surface area contributed by atoms with Gasteiger partial charge in [-0.3, -0.25) is 0 Å². The fourth-order valence-corrected chi connectivity index (χ4v) is 2.87. The van der Waals surface area contributed by atoms with Crippen LogP contribution in [0.4, 0.5) is 0 Å². The zero-order valence-electron chi connectivity index (χ0n) is 12.1. The van der Waals surface area contributed by atoms with E-state index in [1.54, 1.807) is 6.07 Å². The van der Waals surface area contributed by atoms with Crippen LogP contribution in [0.3, 0.4) is 0 Å². The Hall–Kier alpha value is -1.06. The van der Waals surface area contributed by atoms with E-state index in [0.717, 1.165) is 31.4 Å². The van der Waals surface area contributed by atoms with Gasteiger partial charge in [-0.1, -0.05) is 25.1 Å². The molecule has 0 aliphatic carbocycles. The van der Waals surface area contributed by atoms with E-state index in [1.807, 2.05) is 18.2 Å². The van der Waals surface area contributed by atoms with Crippen molar-refractivity contribution in [2.75, 3.05) is 6.61 Å². The minimum absolute atomic E-state index is 0.0487. The first-order chi connectivity index (χ1) is 9.02. The summed E-state index contributed by atoms with van der Waals surface area (Å²) in [6, 6.07) is 8.26. The maximum atomic E-state index is 9.98. The first-order valence-electron chi connectivity index (χ1n) is 7.20. The average Bonchev–Trinajstić information content (AvgIpc) is 2.36. The van der Waals surface area contributed by atoms with Crippen molar-refractivity contribution in [3.8, 4) is 5.75 Å². The molecule has 1 aliphatic rings. The molecule has 3 heteroatoms. The largest absolute Gasteiger partial charge is 0.508 e. The molecule has 2 N–H and O–H groups in total. The van der Waals surface area contributed by atoms with Gasteiger partial charge in [-0.25, -0.2) is 0 Å². The molecule has 1 aliphatic heterocycles. The molecule has 0 saturated carbocycles. The third-order valence-corrected chi connectivity index (χ3v) is 3.85. The molecular formula is C16H25NO2. The fourth-order valence-electron chi connectivity index (χ4n) is 2.87. The third-order valence-electron chi connectivity index (χ3n) is 3.85. The predicted molar refractivity (Wildman–Crippen MR) is 77.3 cm³/mol. The van der Waals surface area contributed by atoms with Crippen molar-refractivity contribution in [2.24, 2.45) is 0 Å². The molecule has 3 nitrogen and oxygen atoms in total. The molecule has 1 fully saturated rings. The second kappa shape index (κ2) is 5.93. The summed E-state index contributed by atoms with van der Waals surface area (Å²) in [5.41, 5.74) is 0.946. The summed E-state index contributed by atoms with van der Waals surface area (Å²) in [6.45, 7) is 7.24. The molecule has 2 unspecified atom stereocenters. The third kappa shape index (κ3) is 3.71. The minimum Gasteiger partial charge on any atom is -0.508 e. The summed E-state index contributed by atoms with van der Waals surface area (Å²) in [4.78, 5) is 0. The molecule has 0 radical (unpaired) electrons. The van der Waals surface area contributed by atoms with Crippen LogP contribution in [0.1, 0.15) is 51.6 Å². The highest BCUT2D eigenvalue weighted by Crippen LogP contribution is 2.30. The zero-order chi connectivity index (χ0) is 13.9. The molecule has 0 spiro atoms. The highest BCUT2D eigenvalue weighted by atomic mass is 16.5. The number of phenols is 1. The van der Waals surface area contributed by atoms with Gasteiger partial charge in [0.25, 0.3) is 0 Å². The lowest BCUT2D eigenvalue weighted by molar-refractivity contribution is -0.0643. The number of benzene rings is 1. The number of phenolic OH excluding ortho intramolecular Hbond substituents is 1. The Kier molecular flexibility index (Phi) is 4.48. The lowest BCUT2D eigenvalue weighted by atomic mass is 9.92. The quantitative estimate of drug-likeness (QED) is 0.875. The molecule has 19 heavy (non-hydrogen) atoms. The molecule has 1 saturated heterocycles. The van der Waals surface area contributed by atoms with Crippen molar-refractivity contribution in [1.82, 2.24) is 5.32 Å². The van der Waals surface area contributed by atoms with Crippen molar-refractivity contribution < 1.29 is 9.84 Å². The van der Waals surface area contributed by atoms with Crippen LogP contribution in [-0.4, -0.2) is 23.4 Å². The van der Waals surface area contributed by atoms with E-state index in [0.29, 0.717) is 11.8 Å². The maximum absolute atomic E-state index is 9.98. The van der Waals surface area contributed by atoms with Crippen LogP contribution in [0, 0.1) is 0 Å². The van der Waals surface area contributed by atoms with Gasteiger partial charge < -0.3 is 15.2 Å². The maximum Gasteiger partial charge on any atom is 0.120 e. The Labute approximate surface area is 116 Å². The van der Waals surface area contributed by atoms with Gasteiger partial charge in [-0.15, -0.1) is 0 Å². The summed E-state index contributed by atoms with van der Waals surface area (Å²) in [5, 5.41) is 13.7. The number of nitrogens with one attached hydrogen (secondary N) is 1. The van der Waals surface area contributed by atoms with Gasteiger partial charge in [-0.2, -0.15) is 0 Å². The molecular weight excluding hydrogens is 238 g/mol. The Morgan fingerprint density at radius 3 is 2.79 bits per heavy atom. The van der Waals surface area contributed by atoms with Crippen LogP contribution < -0.4 is 5.32 Å². The molecule has 0 bridgehead atoms. The van der Waals surface area contributed by atoms with Crippen LogP contribution in [0.15, 0.2) is 24.3 Å². The van der Waals surface area contributed by atoms with Crippen molar-refractivity contribution >= 4 is 0 Å². The first kappa shape index (κ1) is 14.4.